The van der Waals surface area contributed by atoms with Gasteiger partial charge in [-0.25, -0.2) is 4.79 Å². The molecule has 0 spiro atoms. The maximum Gasteiger partial charge on any atom is 0.317 e. The number of hydrogen-bond donors (Lipinski definition) is 3. The number of carbonyl (C=O) groups is 2. The van der Waals surface area contributed by atoms with Crippen molar-refractivity contribution in [1.82, 2.24) is 10.2 Å². The van der Waals surface area contributed by atoms with Crippen molar-refractivity contribution in [2.75, 3.05) is 13.1 Å². The Morgan fingerprint density at radius 1 is 1.05 bits per heavy atom. The summed E-state index contributed by atoms with van der Waals surface area (Å²) < 4.78 is 0. The summed E-state index contributed by atoms with van der Waals surface area (Å²) in [4.78, 5) is 24.8. The lowest BCUT2D eigenvalue weighted by Crippen LogP contribution is -2.52. The predicted octanol–water partition coefficient (Wildman–Crippen LogP) is 1.19. The summed E-state index contributed by atoms with van der Waals surface area (Å²) in [5.74, 6) is -1.30. The molecular formula is C14H24N2O4. The highest BCUT2D eigenvalue weighted by Gasteiger charge is 2.30. The molecule has 20 heavy (non-hydrogen) atoms. The number of piperidine rings is 1. The van der Waals surface area contributed by atoms with E-state index in [-0.39, 0.29) is 18.6 Å². The van der Waals surface area contributed by atoms with E-state index in [1.807, 2.05) is 0 Å². The second-order valence-electron chi connectivity index (χ2n) is 5.88. The smallest absolute Gasteiger partial charge is 0.317 e. The summed E-state index contributed by atoms with van der Waals surface area (Å²) in [5, 5.41) is 21.9. The molecule has 6 nitrogen and oxygen atoms in total. The van der Waals surface area contributed by atoms with Gasteiger partial charge in [0.1, 0.15) is 0 Å². The van der Waals surface area contributed by atoms with Gasteiger partial charge in [0.15, 0.2) is 0 Å². The molecule has 1 aliphatic carbocycles. The zero-order valence-corrected chi connectivity index (χ0v) is 11.8. The molecule has 0 aromatic carbocycles. The van der Waals surface area contributed by atoms with Crippen LogP contribution in [0.4, 0.5) is 4.79 Å². The molecule has 114 valence electrons. The van der Waals surface area contributed by atoms with Crippen molar-refractivity contribution in [3.05, 3.63) is 0 Å². The van der Waals surface area contributed by atoms with E-state index in [2.05, 4.69) is 5.32 Å². The minimum atomic E-state index is -0.836. The lowest BCUT2D eigenvalue weighted by atomic mass is 9.98. The Hall–Kier alpha value is -1.30. The van der Waals surface area contributed by atoms with Crippen LogP contribution in [-0.2, 0) is 4.79 Å². The Morgan fingerprint density at radius 3 is 2.55 bits per heavy atom. The number of hydrogen-bond acceptors (Lipinski definition) is 3. The lowest BCUT2D eigenvalue weighted by Gasteiger charge is -2.33. The summed E-state index contributed by atoms with van der Waals surface area (Å²) in [6.07, 6.45) is 5.49. The van der Waals surface area contributed by atoms with Gasteiger partial charge in [0.25, 0.3) is 0 Å². The predicted molar refractivity (Wildman–Crippen MR) is 73.3 cm³/mol. The van der Waals surface area contributed by atoms with Gasteiger partial charge in [0.2, 0.25) is 0 Å². The average Bonchev–Trinajstić information content (AvgIpc) is 2.64. The van der Waals surface area contributed by atoms with E-state index >= 15 is 0 Å². The zero-order chi connectivity index (χ0) is 14.5. The fraction of sp³-hybridized carbons (Fsp3) is 0.857. The molecule has 1 saturated carbocycles. The third-order valence-corrected chi connectivity index (χ3v) is 4.35. The largest absolute Gasteiger partial charge is 0.481 e. The maximum absolute atomic E-state index is 12.2. The number of carbonyl (C=O) groups excluding carboxylic acids is 1. The first kappa shape index (κ1) is 15.1. The first-order valence-corrected chi connectivity index (χ1v) is 7.54. The summed E-state index contributed by atoms with van der Waals surface area (Å²) in [7, 11) is 0. The van der Waals surface area contributed by atoms with Crippen molar-refractivity contribution >= 4 is 12.0 Å². The number of nitrogens with one attached hydrogen (secondary N) is 1. The van der Waals surface area contributed by atoms with Gasteiger partial charge in [-0.05, 0) is 25.7 Å². The van der Waals surface area contributed by atoms with Crippen molar-refractivity contribution in [2.45, 2.75) is 57.1 Å². The van der Waals surface area contributed by atoms with Crippen LogP contribution in [0.3, 0.4) is 0 Å². The normalized spacial score (nSPS) is 31.4. The molecule has 3 atom stereocenters. The molecule has 2 aliphatic rings. The molecular weight excluding hydrogens is 260 g/mol. The van der Waals surface area contributed by atoms with Gasteiger partial charge < -0.3 is 20.4 Å². The standard InChI is InChI=1S/C14H24N2O4/c17-12-7-3-1-2-6-11(12)15-14(20)16-8-4-5-10(9-16)13(18)19/h10-12,17H,1-9H2,(H,15,20)(H,18,19)/t10-,11?,12?/m1/s1. The van der Waals surface area contributed by atoms with Gasteiger partial charge in [-0.15, -0.1) is 0 Å². The number of likely N-dealkylation sites (tertiary alicyclic amines) is 1. The highest BCUT2D eigenvalue weighted by atomic mass is 16.4. The number of amides is 2. The van der Waals surface area contributed by atoms with Crippen LogP contribution in [-0.4, -0.2) is 52.3 Å². The number of carboxylic acids is 1. The molecule has 0 radical (unpaired) electrons. The van der Waals surface area contributed by atoms with Crippen molar-refractivity contribution in [3.8, 4) is 0 Å². The minimum absolute atomic E-state index is 0.199. The number of urea groups is 1. The lowest BCUT2D eigenvalue weighted by molar-refractivity contribution is -0.143. The van der Waals surface area contributed by atoms with Gasteiger partial charge in [-0.1, -0.05) is 19.3 Å². The quantitative estimate of drug-likeness (QED) is 0.664. The Labute approximate surface area is 119 Å². The van der Waals surface area contributed by atoms with E-state index in [4.69, 9.17) is 5.11 Å². The third kappa shape index (κ3) is 3.85. The van der Waals surface area contributed by atoms with Crippen molar-refractivity contribution in [2.24, 2.45) is 5.92 Å². The molecule has 2 fully saturated rings. The fourth-order valence-corrected chi connectivity index (χ4v) is 3.07. The van der Waals surface area contributed by atoms with Gasteiger partial charge in [-0.2, -0.15) is 0 Å². The molecule has 1 heterocycles. The Bertz CT molecular complexity index is 361. The molecule has 1 aliphatic heterocycles. The Kier molecular flexibility index (Phi) is 5.23. The number of aliphatic hydroxyl groups is 1. The maximum atomic E-state index is 12.2. The number of aliphatic carboxylic acids is 1. The molecule has 3 N–H and O–H groups in total. The van der Waals surface area contributed by atoms with Crippen LogP contribution in [0.15, 0.2) is 0 Å². The van der Waals surface area contributed by atoms with Gasteiger partial charge in [-0.3, -0.25) is 4.79 Å². The van der Waals surface area contributed by atoms with Crippen LogP contribution in [0.2, 0.25) is 0 Å². The average molecular weight is 284 g/mol. The van der Waals surface area contributed by atoms with E-state index in [1.165, 1.54) is 0 Å². The van der Waals surface area contributed by atoms with Crippen LogP contribution in [0, 0.1) is 5.92 Å². The molecule has 1 saturated heterocycles. The van der Waals surface area contributed by atoms with Crippen molar-refractivity contribution in [1.29, 1.82) is 0 Å². The number of carboxylic acid groups (broad SMARTS) is 1. The summed E-state index contributed by atoms with van der Waals surface area (Å²) >= 11 is 0. The van der Waals surface area contributed by atoms with Gasteiger partial charge in [0.05, 0.1) is 18.1 Å². The first-order valence-electron chi connectivity index (χ1n) is 7.54. The Balaban J connectivity index is 1.88. The monoisotopic (exact) mass is 284 g/mol. The van der Waals surface area contributed by atoms with E-state index in [0.717, 1.165) is 38.5 Å². The third-order valence-electron chi connectivity index (χ3n) is 4.35. The van der Waals surface area contributed by atoms with Crippen LogP contribution in [0.25, 0.3) is 0 Å². The number of aliphatic hydroxyl groups excluding tert-OH is 1. The molecule has 2 amide bonds. The van der Waals surface area contributed by atoms with E-state index in [9.17, 15) is 14.7 Å². The summed E-state index contributed by atoms with van der Waals surface area (Å²) in [5.41, 5.74) is 0. The van der Waals surface area contributed by atoms with Gasteiger partial charge in [0, 0.05) is 13.1 Å². The molecule has 6 heteroatoms. The van der Waals surface area contributed by atoms with E-state index in [1.54, 1.807) is 4.90 Å². The van der Waals surface area contributed by atoms with E-state index < -0.39 is 18.0 Å². The van der Waals surface area contributed by atoms with Crippen LogP contribution in [0.5, 0.6) is 0 Å². The highest BCUT2D eigenvalue weighted by molar-refractivity contribution is 5.76. The van der Waals surface area contributed by atoms with Crippen molar-refractivity contribution < 1.29 is 19.8 Å². The van der Waals surface area contributed by atoms with Crippen LogP contribution >= 0.6 is 0 Å². The second kappa shape index (κ2) is 6.92. The summed E-state index contributed by atoms with van der Waals surface area (Å²) in [6.45, 7) is 0.864. The van der Waals surface area contributed by atoms with Crippen LogP contribution in [0.1, 0.15) is 44.9 Å². The number of nitrogens with zero attached hydrogens (tertiary/aromatic N) is 1. The molecule has 0 bridgehead atoms. The summed E-state index contributed by atoms with van der Waals surface area (Å²) in [6, 6.07) is -0.433. The number of rotatable bonds is 2. The fourth-order valence-electron chi connectivity index (χ4n) is 3.07. The molecule has 2 unspecified atom stereocenters. The first-order chi connectivity index (χ1) is 9.58. The van der Waals surface area contributed by atoms with E-state index in [0.29, 0.717) is 13.0 Å². The SMILES string of the molecule is O=C(O)[C@@H]1CCCN(C(=O)NC2CCCCCC2O)C1. The highest BCUT2D eigenvalue weighted by Crippen LogP contribution is 2.20. The zero-order valence-electron chi connectivity index (χ0n) is 11.8. The second-order valence-corrected chi connectivity index (χ2v) is 5.88. The molecule has 0 aromatic heterocycles. The Morgan fingerprint density at radius 2 is 1.80 bits per heavy atom. The topological polar surface area (TPSA) is 89.9 Å². The van der Waals surface area contributed by atoms with Crippen molar-refractivity contribution in [3.63, 3.8) is 0 Å². The molecule has 2 rings (SSSR count). The molecule has 0 aromatic rings. The van der Waals surface area contributed by atoms with Crippen LogP contribution < -0.4 is 5.32 Å². The van der Waals surface area contributed by atoms with Gasteiger partial charge >= 0.3 is 12.0 Å². The minimum Gasteiger partial charge on any atom is -0.481 e.